The minimum Gasteiger partial charge on any atom is -0.382 e. The monoisotopic (exact) mass is 298 g/mol. The number of thiazole rings is 1. The van der Waals surface area contributed by atoms with E-state index in [0.29, 0.717) is 15.8 Å². The summed E-state index contributed by atoms with van der Waals surface area (Å²) in [5, 5.41) is 3.96. The van der Waals surface area contributed by atoms with Crippen LogP contribution in [-0.4, -0.2) is 34.4 Å². The first-order chi connectivity index (χ1) is 9.28. The molecule has 1 rings (SSSR count). The second-order valence-corrected chi connectivity index (χ2v) is 6.90. The summed E-state index contributed by atoms with van der Waals surface area (Å²) >= 11 is 1.34. The third-order valence-electron chi connectivity index (χ3n) is 2.60. The number of carbonyl (C=O) groups excluding carboxylic acids is 1. The third-order valence-corrected chi connectivity index (χ3v) is 3.58. The molecular formula is C14H26N4OS. The van der Waals surface area contributed by atoms with Crippen molar-refractivity contribution in [2.45, 2.75) is 53.0 Å². The Morgan fingerprint density at radius 2 is 1.85 bits per heavy atom. The van der Waals surface area contributed by atoms with Crippen LogP contribution in [-0.2, 0) is 0 Å². The van der Waals surface area contributed by atoms with Crippen LogP contribution in [0.3, 0.4) is 0 Å². The maximum absolute atomic E-state index is 12.5. The van der Waals surface area contributed by atoms with Gasteiger partial charge in [-0.3, -0.25) is 4.79 Å². The molecule has 1 amide bonds. The van der Waals surface area contributed by atoms with Crippen LogP contribution >= 0.6 is 11.3 Å². The summed E-state index contributed by atoms with van der Waals surface area (Å²) in [4.78, 5) is 19.2. The lowest BCUT2D eigenvalue weighted by Crippen LogP contribution is -2.32. The Bertz CT molecular complexity index is 445. The maximum Gasteiger partial charge on any atom is 0.267 e. The Kier molecular flexibility index (Phi) is 5.80. The van der Waals surface area contributed by atoms with Crippen LogP contribution in [0.2, 0.25) is 0 Å². The fourth-order valence-corrected chi connectivity index (χ4v) is 2.92. The van der Waals surface area contributed by atoms with Gasteiger partial charge in [0, 0.05) is 18.6 Å². The first kappa shape index (κ1) is 16.8. The zero-order valence-corrected chi connectivity index (χ0v) is 13.9. The highest BCUT2D eigenvalue weighted by Crippen LogP contribution is 2.28. The molecule has 1 heterocycles. The fourth-order valence-electron chi connectivity index (χ4n) is 1.86. The van der Waals surface area contributed by atoms with Crippen molar-refractivity contribution in [1.29, 1.82) is 0 Å². The predicted octanol–water partition coefficient (Wildman–Crippen LogP) is 3.20. The number of hydrogen-bond donors (Lipinski definition) is 2. The number of anilines is 2. The molecule has 0 saturated carbocycles. The van der Waals surface area contributed by atoms with Crippen LogP contribution < -0.4 is 11.1 Å². The van der Waals surface area contributed by atoms with Crippen LogP contribution in [0.25, 0.3) is 0 Å². The maximum atomic E-state index is 12.5. The van der Waals surface area contributed by atoms with Gasteiger partial charge < -0.3 is 16.0 Å². The molecule has 0 spiro atoms. The molecule has 0 unspecified atom stereocenters. The average Bonchev–Trinajstić information content (AvgIpc) is 2.66. The standard InChI is InChI=1S/C14H26N4OS/c1-6-8-18(9-7-2)12(19)10-11(15)16-13(20-10)17-14(3,4)5/h6-9,15H2,1-5H3,(H,16,17). The van der Waals surface area contributed by atoms with Gasteiger partial charge in [-0.1, -0.05) is 25.2 Å². The number of nitrogen functional groups attached to an aromatic ring is 1. The van der Waals surface area contributed by atoms with Crippen LogP contribution in [0.5, 0.6) is 0 Å². The molecule has 5 nitrogen and oxygen atoms in total. The van der Waals surface area contributed by atoms with Gasteiger partial charge in [-0.05, 0) is 33.6 Å². The topological polar surface area (TPSA) is 71.2 Å². The smallest absolute Gasteiger partial charge is 0.267 e. The summed E-state index contributed by atoms with van der Waals surface area (Å²) in [7, 11) is 0. The van der Waals surface area contributed by atoms with Gasteiger partial charge in [0.15, 0.2) is 5.13 Å². The average molecular weight is 298 g/mol. The number of hydrogen-bond acceptors (Lipinski definition) is 5. The van der Waals surface area contributed by atoms with Crippen molar-refractivity contribution in [3.63, 3.8) is 0 Å². The van der Waals surface area contributed by atoms with Gasteiger partial charge in [0.05, 0.1) is 0 Å². The molecule has 0 aliphatic rings. The van der Waals surface area contributed by atoms with Gasteiger partial charge in [0.1, 0.15) is 10.7 Å². The van der Waals surface area contributed by atoms with E-state index in [0.717, 1.165) is 25.9 Å². The lowest BCUT2D eigenvalue weighted by atomic mass is 10.1. The Morgan fingerprint density at radius 1 is 1.30 bits per heavy atom. The van der Waals surface area contributed by atoms with Crippen molar-refractivity contribution in [3.8, 4) is 0 Å². The van der Waals surface area contributed by atoms with Crippen molar-refractivity contribution in [1.82, 2.24) is 9.88 Å². The normalized spacial score (nSPS) is 11.4. The SMILES string of the molecule is CCCN(CCC)C(=O)c1sc(NC(C)(C)C)nc1N. The summed E-state index contributed by atoms with van der Waals surface area (Å²) in [5.41, 5.74) is 5.80. The van der Waals surface area contributed by atoms with Crippen LogP contribution in [0.1, 0.15) is 57.1 Å². The summed E-state index contributed by atoms with van der Waals surface area (Å²) in [6, 6.07) is 0. The highest BCUT2D eigenvalue weighted by Gasteiger charge is 2.22. The Labute approximate surface area is 125 Å². The largest absolute Gasteiger partial charge is 0.382 e. The van der Waals surface area contributed by atoms with E-state index < -0.39 is 0 Å². The first-order valence-electron chi connectivity index (χ1n) is 7.12. The molecule has 0 aliphatic carbocycles. The Morgan fingerprint density at radius 3 is 2.30 bits per heavy atom. The Hall–Kier alpha value is -1.30. The van der Waals surface area contributed by atoms with Crippen molar-refractivity contribution in [3.05, 3.63) is 4.88 Å². The van der Waals surface area contributed by atoms with Gasteiger partial charge in [0.25, 0.3) is 5.91 Å². The summed E-state index contributed by atoms with van der Waals surface area (Å²) in [6.45, 7) is 11.8. The molecule has 0 radical (unpaired) electrons. The molecule has 0 atom stereocenters. The predicted molar refractivity (Wildman–Crippen MR) is 86.4 cm³/mol. The molecule has 114 valence electrons. The van der Waals surface area contributed by atoms with Crippen LogP contribution in [0, 0.1) is 0 Å². The zero-order chi connectivity index (χ0) is 15.3. The van der Waals surface area contributed by atoms with E-state index >= 15 is 0 Å². The molecular weight excluding hydrogens is 272 g/mol. The van der Waals surface area contributed by atoms with E-state index in [1.54, 1.807) is 0 Å². The molecule has 1 aromatic heterocycles. The zero-order valence-electron chi connectivity index (χ0n) is 13.1. The van der Waals surface area contributed by atoms with E-state index in [1.807, 2.05) is 25.7 Å². The second kappa shape index (κ2) is 6.92. The van der Waals surface area contributed by atoms with Gasteiger partial charge >= 0.3 is 0 Å². The summed E-state index contributed by atoms with van der Waals surface area (Å²) in [6.07, 6.45) is 1.88. The molecule has 0 aromatic carbocycles. The Balaban J connectivity index is 2.92. The molecule has 0 fully saturated rings. The molecule has 3 N–H and O–H groups in total. The lowest BCUT2D eigenvalue weighted by Gasteiger charge is -2.21. The number of carbonyl (C=O) groups is 1. The number of aromatic nitrogens is 1. The highest BCUT2D eigenvalue weighted by atomic mass is 32.1. The van der Waals surface area contributed by atoms with Crippen molar-refractivity contribution < 1.29 is 4.79 Å². The first-order valence-corrected chi connectivity index (χ1v) is 7.94. The van der Waals surface area contributed by atoms with Gasteiger partial charge in [-0.25, -0.2) is 4.98 Å². The van der Waals surface area contributed by atoms with E-state index in [1.165, 1.54) is 11.3 Å². The molecule has 1 aromatic rings. The summed E-state index contributed by atoms with van der Waals surface area (Å²) < 4.78 is 0. The number of amides is 1. The van der Waals surface area contributed by atoms with Gasteiger partial charge in [-0.2, -0.15) is 0 Å². The minimum atomic E-state index is -0.100. The number of nitrogens with zero attached hydrogens (tertiary/aromatic N) is 2. The highest BCUT2D eigenvalue weighted by molar-refractivity contribution is 7.18. The second-order valence-electron chi connectivity index (χ2n) is 5.90. The van der Waals surface area contributed by atoms with Crippen molar-refractivity contribution in [2.24, 2.45) is 0 Å². The third kappa shape index (κ3) is 4.67. The fraction of sp³-hybridized carbons (Fsp3) is 0.714. The van der Waals surface area contributed by atoms with Crippen LogP contribution in [0.15, 0.2) is 0 Å². The van der Waals surface area contributed by atoms with E-state index in [-0.39, 0.29) is 11.4 Å². The number of nitrogens with two attached hydrogens (primary N) is 1. The molecule has 0 saturated heterocycles. The van der Waals surface area contributed by atoms with Crippen LogP contribution in [0.4, 0.5) is 10.9 Å². The number of nitrogens with one attached hydrogen (secondary N) is 1. The number of rotatable bonds is 6. The van der Waals surface area contributed by atoms with E-state index in [2.05, 4.69) is 24.1 Å². The molecule has 0 bridgehead atoms. The summed E-state index contributed by atoms with van der Waals surface area (Å²) in [5.74, 6) is 0.314. The molecule has 20 heavy (non-hydrogen) atoms. The molecule has 6 heteroatoms. The molecule has 0 aliphatic heterocycles. The minimum absolute atomic E-state index is 0.00865. The lowest BCUT2D eigenvalue weighted by molar-refractivity contribution is 0.0761. The van der Waals surface area contributed by atoms with Gasteiger partial charge in [-0.15, -0.1) is 0 Å². The van der Waals surface area contributed by atoms with Crippen molar-refractivity contribution >= 4 is 28.2 Å². The van der Waals surface area contributed by atoms with Gasteiger partial charge in [0.2, 0.25) is 0 Å². The van der Waals surface area contributed by atoms with Crippen molar-refractivity contribution in [2.75, 3.05) is 24.1 Å². The van der Waals surface area contributed by atoms with E-state index in [4.69, 9.17) is 5.73 Å². The quantitative estimate of drug-likeness (QED) is 0.846. The van der Waals surface area contributed by atoms with E-state index in [9.17, 15) is 4.79 Å².